The summed E-state index contributed by atoms with van der Waals surface area (Å²) in [7, 11) is -4.07. The molecule has 0 atom stereocenters. The van der Waals surface area contributed by atoms with Crippen LogP contribution in [0.1, 0.15) is 33.6 Å². The number of hydrogen-bond donors (Lipinski definition) is 3. The minimum Gasteiger partial charge on any atom is -0.381 e. The maximum absolute atomic E-state index is 14.0. The number of nitrogens with one attached hydrogen (secondary N) is 2. The van der Waals surface area contributed by atoms with Crippen molar-refractivity contribution >= 4 is 34.0 Å². The standard InChI is InChI=1S/C16H24FN3O4S.ClH/c1-15(2,3)20-25(22,23)13-10-11(4-5-12(13)17)19-14(21)16(18)6-8-24-9-7-16;/h4-5,10,20H,6-9,18H2,1-3H3,(H,19,21);1H. The van der Waals surface area contributed by atoms with Crippen molar-refractivity contribution in [1.82, 2.24) is 4.72 Å². The third-order valence-electron chi connectivity index (χ3n) is 3.76. The van der Waals surface area contributed by atoms with E-state index in [-0.39, 0.29) is 18.1 Å². The molecule has 1 heterocycles. The summed E-state index contributed by atoms with van der Waals surface area (Å²) in [5.41, 5.74) is 4.40. The zero-order chi connectivity index (χ0) is 18.9. The molecule has 0 unspecified atom stereocenters. The summed E-state index contributed by atoms with van der Waals surface area (Å²) in [5.74, 6) is -1.35. The van der Waals surface area contributed by atoms with Gasteiger partial charge in [0.25, 0.3) is 0 Å². The molecule has 2 rings (SSSR count). The monoisotopic (exact) mass is 409 g/mol. The first-order chi connectivity index (χ1) is 11.4. The number of ether oxygens (including phenoxy) is 1. The molecule has 7 nitrogen and oxygen atoms in total. The zero-order valence-electron chi connectivity index (χ0n) is 15.0. The molecule has 1 saturated heterocycles. The zero-order valence-corrected chi connectivity index (χ0v) is 16.6. The Morgan fingerprint density at radius 1 is 1.27 bits per heavy atom. The minimum absolute atomic E-state index is 0. The summed E-state index contributed by atoms with van der Waals surface area (Å²) in [4.78, 5) is 11.9. The van der Waals surface area contributed by atoms with Gasteiger partial charge in [0.15, 0.2) is 0 Å². The highest BCUT2D eigenvalue weighted by atomic mass is 35.5. The second-order valence-electron chi connectivity index (χ2n) is 7.22. The summed E-state index contributed by atoms with van der Waals surface area (Å²) >= 11 is 0. The molecule has 0 saturated carbocycles. The molecule has 0 radical (unpaired) electrons. The normalized spacial score (nSPS) is 17.3. The van der Waals surface area contributed by atoms with E-state index in [0.717, 1.165) is 12.1 Å². The van der Waals surface area contributed by atoms with E-state index in [1.165, 1.54) is 6.07 Å². The smallest absolute Gasteiger partial charge is 0.244 e. The van der Waals surface area contributed by atoms with Crippen LogP contribution in [-0.2, 0) is 19.6 Å². The molecule has 0 aliphatic carbocycles. The second kappa shape index (κ2) is 8.18. The van der Waals surface area contributed by atoms with Crippen molar-refractivity contribution in [2.24, 2.45) is 5.73 Å². The average Bonchev–Trinajstić information content (AvgIpc) is 2.47. The van der Waals surface area contributed by atoms with Crippen LogP contribution in [-0.4, -0.2) is 38.6 Å². The number of benzene rings is 1. The Bertz CT molecular complexity index is 759. The SMILES string of the molecule is CC(C)(C)NS(=O)(=O)c1cc(NC(=O)C2(N)CCOCC2)ccc1F.Cl. The number of halogens is 2. The third-order valence-corrected chi connectivity index (χ3v) is 5.53. The van der Waals surface area contributed by atoms with Gasteiger partial charge in [0, 0.05) is 24.4 Å². The Morgan fingerprint density at radius 3 is 2.38 bits per heavy atom. The van der Waals surface area contributed by atoms with Gasteiger partial charge in [-0.1, -0.05) is 0 Å². The number of rotatable bonds is 4. The predicted molar refractivity (Wildman–Crippen MR) is 99.3 cm³/mol. The molecule has 1 aromatic rings. The number of sulfonamides is 1. The first kappa shape index (κ1) is 22.8. The van der Waals surface area contributed by atoms with E-state index in [9.17, 15) is 17.6 Å². The molecule has 1 fully saturated rings. The molecule has 1 aliphatic rings. The molecular formula is C16H25ClFN3O4S. The van der Waals surface area contributed by atoms with Crippen molar-refractivity contribution < 1.29 is 22.3 Å². The van der Waals surface area contributed by atoms with Gasteiger partial charge in [-0.25, -0.2) is 17.5 Å². The van der Waals surface area contributed by atoms with Gasteiger partial charge in [-0.2, -0.15) is 0 Å². The fourth-order valence-electron chi connectivity index (χ4n) is 2.46. The fraction of sp³-hybridized carbons (Fsp3) is 0.562. The molecular weight excluding hydrogens is 385 g/mol. The van der Waals surface area contributed by atoms with E-state index >= 15 is 0 Å². The van der Waals surface area contributed by atoms with Crippen LogP contribution >= 0.6 is 12.4 Å². The van der Waals surface area contributed by atoms with E-state index in [4.69, 9.17) is 10.5 Å². The number of carbonyl (C=O) groups excluding carboxylic acids is 1. The Labute approximate surface area is 159 Å². The van der Waals surface area contributed by atoms with Gasteiger partial charge in [0.2, 0.25) is 15.9 Å². The number of amides is 1. The summed E-state index contributed by atoms with van der Waals surface area (Å²) in [6.45, 7) is 5.71. The van der Waals surface area contributed by atoms with Crippen molar-refractivity contribution in [3.05, 3.63) is 24.0 Å². The van der Waals surface area contributed by atoms with Crippen LogP contribution in [0.5, 0.6) is 0 Å². The number of carbonyl (C=O) groups is 1. The van der Waals surface area contributed by atoms with Gasteiger partial charge in [-0.05, 0) is 51.8 Å². The maximum Gasteiger partial charge on any atom is 0.244 e. The van der Waals surface area contributed by atoms with Crippen molar-refractivity contribution in [2.75, 3.05) is 18.5 Å². The van der Waals surface area contributed by atoms with E-state index < -0.39 is 37.7 Å². The predicted octanol–water partition coefficient (Wildman–Crippen LogP) is 1.77. The highest BCUT2D eigenvalue weighted by Crippen LogP contribution is 2.24. The summed E-state index contributed by atoms with van der Waals surface area (Å²) < 4.78 is 46.3. The van der Waals surface area contributed by atoms with Crippen LogP contribution in [0, 0.1) is 5.82 Å². The fourth-order valence-corrected chi connectivity index (χ4v) is 3.99. The lowest BCUT2D eigenvalue weighted by Gasteiger charge is -2.31. The Balaban J connectivity index is 0.00000338. The number of hydrogen-bond acceptors (Lipinski definition) is 5. The van der Waals surface area contributed by atoms with Crippen LogP contribution in [0.25, 0.3) is 0 Å². The van der Waals surface area contributed by atoms with Gasteiger partial charge < -0.3 is 15.8 Å². The average molecular weight is 410 g/mol. The van der Waals surface area contributed by atoms with E-state index in [1.807, 2.05) is 0 Å². The van der Waals surface area contributed by atoms with Gasteiger partial charge >= 0.3 is 0 Å². The molecule has 148 valence electrons. The summed E-state index contributed by atoms with van der Waals surface area (Å²) in [6, 6.07) is 3.38. The van der Waals surface area contributed by atoms with E-state index in [0.29, 0.717) is 26.1 Å². The first-order valence-electron chi connectivity index (χ1n) is 7.95. The largest absolute Gasteiger partial charge is 0.381 e. The lowest BCUT2D eigenvalue weighted by atomic mass is 9.90. The molecule has 10 heteroatoms. The van der Waals surface area contributed by atoms with Crippen molar-refractivity contribution in [3.63, 3.8) is 0 Å². The number of nitrogens with two attached hydrogens (primary N) is 1. The quantitative estimate of drug-likeness (QED) is 0.701. The minimum atomic E-state index is -4.07. The number of anilines is 1. The van der Waals surface area contributed by atoms with Crippen molar-refractivity contribution in [3.8, 4) is 0 Å². The molecule has 0 spiro atoms. The highest BCUT2D eigenvalue weighted by molar-refractivity contribution is 7.89. The van der Waals surface area contributed by atoms with Crippen LogP contribution in [0.2, 0.25) is 0 Å². The van der Waals surface area contributed by atoms with Gasteiger partial charge in [-0.15, -0.1) is 12.4 Å². The summed E-state index contributed by atoms with van der Waals surface area (Å²) in [6.07, 6.45) is 0.716. The Hall–Kier alpha value is -1.26. The second-order valence-corrected chi connectivity index (χ2v) is 8.87. The topological polar surface area (TPSA) is 111 Å². The Kier molecular flexibility index (Phi) is 7.17. The van der Waals surface area contributed by atoms with Crippen molar-refractivity contribution in [1.29, 1.82) is 0 Å². The third kappa shape index (κ3) is 5.62. The van der Waals surface area contributed by atoms with Crippen LogP contribution < -0.4 is 15.8 Å². The molecule has 4 N–H and O–H groups in total. The summed E-state index contributed by atoms with van der Waals surface area (Å²) in [5, 5.41) is 2.58. The molecule has 0 aromatic heterocycles. The van der Waals surface area contributed by atoms with Crippen LogP contribution in [0.4, 0.5) is 10.1 Å². The van der Waals surface area contributed by atoms with Crippen LogP contribution in [0.3, 0.4) is 0 Å². The first-order valence-corrected chi connectivity index (χ1v) is 9.43. The highest BCUT2D eigenvalue weighted by Gasteiger charge is 2.36. The molecule has 26 heavy (non-hydrogen) atoms. The van der Waals surface area contributed by atoms with Gasteiger partial charge in [0.1, 0.15) is 16.3 Å². The van der Waals surface area contributed by atoms with Gasteiger partial charge in [-0.3, -0.25) is 4.79 Å². The van der Waals surface area contributed by atoms with Gasteiger partial charge in [0.05, 0.1) is 0 Å². The van der Waals surface area contributed by atoms with E-state index in [2.05, 4.69) is 10.0 Å². The lowest BCUT2D eigenvalue weighted by Crippen LogP contribution is -2.54. The molecule has 1 aromatic carbocycles. The molecule has 1 amide bonds. The van der Waals surface area contributed by atoms with Crippen LogP contribution in [0.15, 0.2) is 23.1 Å². The maximum atomic E-state index is 14.0. The lowest BCUT2D eigenvalue weighted by molar-refractivity contribution is -0.124. The van der Waals surface area contributed by atoms with E-state index in [1.54, 1.807) is 20.8 Å². The van der Waals surface area contributed by atoms with Crippen molar-refractivity contribution in [2.45, 2.75) is 49.6 Å². The molecule has 1 aliphatic heterocycles. The molecule has 0 bridgehead atoms. The Morgan fingerprint density at radius 2 is 1.85 bits per heavy atom.